The Bertz CT molecular complexity index is 605. The van der Waals surface area contributed by atoms with E-state index in [9.17, 15) is 4.79 Å². The molecule has 0 spiro atoms. The maximum Gasteiger partial charge on any atom is 0.255 e. The van der Waals surface area contributed by atoms with Crippen LogP contribution < -0.4 is 5.32 Å². The molecule has 5 heteroatoms. The highest BCUT2D eigenvalue weighted by atomic mass is 16.5. The molecule has 0 radical (unpaired) electrons. The minimum absolute atomic E-state index is 0.105. The third-order valence-corrected chi connectivity index (χ3v) is 3.26. The Morgan fingerprint density at radius 1 is 1.29 bits per heavy atom. The lowest BCUT2D eigenvalue weighted by Crippen LogP contribution is -2.28. The minimum atomic E-state index is -0.105. The highest BCUT2D eigenvalue weighted by molar-refractivity contribution is 5.96. The predicted molar refractivity (Wildman–Crippen MR) is 81.9 cm³/mol. The quantitative estimate of drug-likeness (QED) is 0.829. The van der Waals surface area contributed by atoms with Gasteiger partial charge in [-0.25, -0.2) is 4.68 Å². The van der Waals surface area contributed by atoms with Crippen molar-refractivity contribution in [2.45, 2.75) is 20.8 Å². The van der Waals surface area contributed by atoms with Crippen LogP contribution >= 0.6 is 0 Å². The van der Waals surface area contributed by atoms with E-state index in [-0.39, 0.29) is 5.91 Å². The van der Waals surface area contributed by atoms with E-state index >= 15 is 0 Å². The SMILES string of the molecule is CCOCCNC(=O)c1c(C)nn(-c2ccccc2)c1C. The lowest BCUT2D eigenvalue weighted by Gasteiger charge is -2.07. The number of para-hydroxylation sites is 1. The molecular formula is C16H21N3O2. The van der Waals surface area contributed by atoms with E-state index < -0.39 is 0 Å². The van der Waals surface area contributed by atoms with Crippen LogP contribution in [0.4, 0.5) is 0 Å². The number of hydrogen-bond donors (Lipinski definition) is 1. The fourth-order valence-corrected chi connectivity index (χ4v) is 2.26. The van der Waals surface area contributed by atoms with Gasteiger partial charge in [0, 0.05) is 13.2 Å². The van der Waals surface area contributed by atoms with Gasteiger partial charge in [0.2, 0.25) is 0 Å². The number of nitrogens with zero attached hydrogens (tertiary/aromatic N) is 2. The van der Waals surface area contributed by atoms with Crippen LogP contribution in [0.2, 0.25) is 0 Å². The van der Waals surface area contributed by atoms with E-state index in [1.807, 2.05) is 51.1 Å². The zero-order chi connectivity index (χ0) is 15.2. The van der Waals surface area contributed by atoms with Gasteiger partial charge in [-0.15, -0.1) is 0 Å². The number of ether oxygens (including phenoxy) is 1. The third kappa shape index (κ3) is 3.49. The molecular weight excluding hydrogens is 266 g/mol. The summed E-state index contributed by atoms with van der Waals surface area (Å²) < 4.78 is 7.02. The van der Waals surface area contributed by atoms with E-state index in [0.29, 0.717) is 25.3 Å². The van der Waals surface area contributed by atoms with Crippen LogP contribution in [-0.2, 0) is 4.74 Å². The molecule has 2 rings (SSSR count). The predicted octanol–water partition coefficient (Wildman–Crippen LogP) is 2.26. The normalized spacial score (nSPS) is 10.6. The molecule has 1 aromatic carbocycles. The smallest absolute Gasteiger partial charge is 0.255 e. The molecule has 5 nitrogen and oxygen atoms in total. The largest absolute Gasteiger partial charge is 0.380 e. The molecule has 1 amide bonds. The zero-order valence-electron chi connectivity index (χ0n) is 12.7. The molecule has 0 aliphatic rings. The molecule has 112 valence electrons. The molecule has 0 aliphatic carbocycles. The first kappa shape index (κ1) is 15.3. The van der Waals surface area contributed by atoms with Gasteiger partial charge in [-0.1, -0.05) is 18.2 Å². The fourth-order valence-electron chi connectivity index (χ4n) is 2.26. The van der Waals surface area contributed by atoms with Crippen molar-refractivity contribution in [3.8, 4) is 5.69 Å². The maximum absolute atomic E-state index is 12.3. The highest BCUT2D eigenvalue weighted by Gasteiger charge is 2.18. The first-order valence-electron chi connectivity index (χ1n) is 7.12. The fraction of sp³-hybridized carbons (Fsp3) is 0.375. The second-order valence-electron chi connectivity index (χ2n) is 4.75. The number of hydrogen-bond acceptors (Lipinski definition) is 3. The van der Waals surface area contributed by atoms with Crippen molar-refractivity contribution in [3.05, 3.63) is 47.3 Å². The molecule has 1 N–H and O–H groups in total. The number of benzene rings is 1. The standard InChI is InChI=1S/C16H21N3O2/c1-4-21-11-10-17-16(20)15-12(2)18-19(13(15)3)14-8-6-5-7-9-14/h5-9H,4,10-11H2,1-3H3,(H,17,20). The van der Waals surface area contributed by atoms with Crippen LogP contribution in [0.25, 0.3) is 5.69 Å². The van der Waals surface area contributed by atoms with Gasteiger partial charge in [-0.05, 0) is 32.9 Å². The Labute approximate surface area is 124 Å². The number of carbonyl (C=O) groups excluding carboxylic acids is 1. The van der Waals surface area contributed by atoms with E-state index in [4.69, 9.17) is 4.74 Å². The monoisotopic (exact) mass is 287 g/mol. The van der Waals surface area contributed by atoms with E-state index in [1.165, 1.54) is 0 Å². The summed E-state index contributed by atoms with van der Waals surface area (Å²) in [5, 5.41) is 7.33. The molecule has 21 heavy (non-hydrogen) atoms. The molecule has 0 saturated carbocycles. The number of nitrogens with one attached hydrogen (secondary N) is 1. The van der Waals surface area contributed by atoms with Crippen LogP contribution in [0, 0.1) is 13.8 Å². The molecule has 0 saturated heterocycles. The van der Waals surface area contributed by atoms with Crippen molar-refractivity contribution >= 4 is 5.91 Å². The summed E-state index contributed by atoms with van der Waals surface area (Å²) in [7, 11) is 0. The van der Waals surface area contributed by atoms with Crippen LogP contribution in [0.3, 0.4) is 0 Å². The van der Waals surface area contributed by atoms with E-state index in [2.05, 4.69) is 10.4 Å². The lowest BCUT2D eigenvalue weighted by molar-refractivity contribution is 0.0921. The molecule has 0 atom stereocenters. The highest BCUT2D eigenvalue weighted by Crippen LogP contribution is 2.17. The molecule has 0 bridgehead atoms. The summed E-state index contributed by atoms with van der Waals surface area (Å²) in [4.78, 5) is 12.3. The first-order valence-corrected chi connectivity index (χ1v) is 7.12. The lowest BCUT2D eigenvalue weighted by atomic mass is 10.2. The number of aromatic nitrogens is 2. The van der Waals surface area contributed by atoms with E-state index in [0.717, 1.165) is 17.1 Å². The summed E-state index contributed by atoms with van der Waals surface area (Å²) >= 11 is 0. The summed E-state index contributed by atoms with van der Waals surface area (Å²) in [5.41, 5.74) is 3.15. The Kier molecular flexibility index (Phi) is 5.11. The van der Waals surface area contributed by atoms with Gasteiger partial charge < -0.3 is 10.1 Å². The number of aryl methyl sites for hydroxylation is 1. The average Bonchev–Trinajstić information content (AvgIpc) is 2.79. The second-order valence-corrected chi connectivity index (χ2v) is 4.75. The average molecular weight is 287 g/mol. The van der Waals surface area contributed by atoms with Crippen molar-refractivity contribution in [2.75, 3.05) is 19.8 Å². The van der Waals surface area contributed by atoms with Crippen LogP contribution in [0.15, 0.2) is 30.3 Å². The second kappa shape index (κ2) is 7.04. The van der Waals surface area contributed by atoms with Gasteiger partial charge in [-0.3, -0.25) is 4.79 Å². The van der Waals surface area contributed by atoms with Gasteiger partial charge in [0.05, 0.1) is 29.2 Å². The van der Waals surface area contributed by atoms with Crippen molar-refractivity contribution in [2.24, 2.45) is 0 Å². The van der Waals surface area contributed by atoms with Crippen molar-refractivity contribution in [1.29, 1.82) is 0 Å². The minimum Gasteiger partial charge on any atom is -0.380 e. The van der Waals surface area contributed by atoms with Gasteiger partial charge >= 0.3 is 0 Å². The van der Waals surface area contributed by atoms with Gasteiger partial charge in [0.25, 0.3) is 5.91 Å². The molecule has 2 aromatic rings. The van der Waals surface area contributed by atoms with Gasteiger partial charge in [-0.2, -0.15) is 5.10 Å². The summed E-state index contributed by atoms with van der Waals surface area (Å²) in [6.45, 7) is 7.36. The first-order chi connectivity index (χ1) is 10.1. The van der Waals surface area contributed by atoms with Gasteiger partial charge in [0.15, 0.2) is 0 Å². The molecule has 0 aliphatic heterocycles. The molecule has 1 heterocycles. The number of carbonyl (C=O) groups is 1. The Morgan fingerprint density at radius 2 is 2.00 bits per heavy atom. The topological polar surface area (TPSA) is 56.1 Å². The zero-order valence-corrected chi connectivity index (χ0v) is 12.7. The van der Waals surface area contributed by atoms with E-state index in [1.54, 1.807) is 4.68 Å². The summed E-state index contributed by atoms with van der Waals surface area (Å²) in [5.74, 6) is -0.105. The van der Waals surface area contributed by atoms with Crippen LogP contribution in [-0.4, -0.2) is 35.4 Å². The van der Waals surface area contributed by atoms with Gasteiger partial charge in [0.1, 0.15) is 0 Å². The Balaban J connectivity index is 2.18. The van der Waals surface area contributed by atoms with Crippen molar-refractivity contribution < 1.29 is 9.53 Å². The molecule has 0 unspecified atom stereocenters. The number of amides is 1. The van der Waals surface area contributed by atoms with Crippen LogP contribution in [0.5, 0.6) is 0 Å². The maximum atomic E-state index is 12.3. The summed E-state index contributed by atoms with van der Waals surface area (Å²) in [6, 6.07) is 9.80. The van der Waals surface area contributed by atoms with Crippen molar-refractivity contribution in [3.63, 3.8) is 0 Å². The summed E-state index contributed by atoms with van der Waals surface area (Å²) in [6.07, 6.45) is 0. The van der Waals surface area contributed by atoms with Crippen molar-refractivity contribution in [1.82, 2.24) is 15.1 Å². The van der Waals surface area contributed by atoms with Crippen LogP contribution in [0.1, 0.15) is 28.7 Å². The Hall–Kier alpha value is -2.14. The number of rotatable bonds is 6. The Morgan fingerprint density at radius 3 is 2.67 bits per heavy atom. The molecule has 0 fully saturated rings. The third-order valence-electron chi connectivity index (χ3n) is 3.26. The molecule has 1 aromatic heterocycles.